The van der Waals surface area contributed by atoms with Crippen molar-refractivity contribution in [2.75, 3.05) is 21.1 Å². The summed E-state index contributed by atoms with van der Waals surface area (Å²) < 4.78 is 0. The summed E-state index contributed by atoms with van der Waals surface area (Å²) in [7, 11) is 5.43. The third-order valence-electron chi connectivity index (χ3n) is 5.49. The minimum absolute atomic E-state index is 0.0153. The predicted octanol–water partition coefficient (Wildman–Crippen LogP) is 2.45. The maximum Gasteiger partial charge on any atom is 0.303 e. The minimum atomic E-state index is -0.867. The quantitative estimate of drug-likeness (QED) is 0.526. The molecule has 0 aliphatic heterocycles. The fourth-order valence-electron chi connectivity index (χ4n) is 3.67. The molecule has 2 N–H and O–H groups in total. The second kappa shape index (κ2) is 12.0. The van der Waals surface area contributed by atoms with Crippen molar-refractivity contribution in [3.05, 3.63) is 0 Å². The van der Waals surface area contributed by atoms with Crippen molar-refractivity contribution in [1.82, 2.24) is 15.1 Å². The van der Waals surface area contributed by atoms with Gasteiger partial charge in [0.1, 0.15) is 6.04 Å². The topological polar surface area (TPSA) is 90.0 Å². The van der Waals surface area contributed by atoms with E-state index in [9.17, 15) is 14.4 Å². The summed E-state index contributed by atoms with van der Waals surface area (Å²) in [5, 5.41) is 12.0. The first-order valence-corrected chi connectivity index (χ1v) is 10.3. The first-order valence-electron chi connectivity index (χ1n) is 10.3. The molecule has 0 rings (SSSR count). The number of carbonyl (C=O) groups excluding carboxylic acids is 2. The van der Waals surface area contributed by atoms with Crippen LogP contribution in [-0.4, -0.2) is 72.0 Å². The molecule has 0 bridgehead atoms. The number of hydrogen-bond donors (Lipinski definition) is 2. The van der Waals surface area contributed by atoms with E-state index in [1.807, 2.05) is 60.5 Å². The number of likely N-dealkylation sites (N-methyl/N-ethyl adjacent to an activating group) is 2. The molecule has 0 saturated heterocycles. The Hall–Kier alpha value is -1.63. The molecule has 0 unspecified atom stereocenters. The van der Waals surface area contributed by atoms with Crippen LogP contribution in [0.3, 0.4) is 0 Å². The normalized spacial score (nSPS) is 16.0. The summed E-state index contributed by atoms with van der Waals surface area (Å²) in [4.78, 5) is 40.6. The van der Waals surface area contributed by atoms with Gasteiger partial charge in [-0.2, -0.15) is 0 Å². The van der Waals surface area contributed by atoms with Crippen molar-refractivity contribution in [2.45, 2.75) is 78.9 Å². The molecule has 7 heteroatoms. The summed E-state index contributed by atoms with van der Waals surface area (Å²) in [5.74, 6) is -0.994. The Morgan fingerprint density at radius 2 is 1.50 bits per heavy atom. The molecule has 0 heterocycles. The van der Waals surface area contributed by atoms with Gasteiger partial charge in [0.15, 0.2) is 0 Å². The summed E-state index contributed by atoms with van der Waals surface area (Å²) in [6.45, 7) is 11.8. The third kappa shape index (κ3) is 7.78. The van der Waals surface area contributed by atoms with Gasteiger partial charge in [0, 0.05) is 19.5 Å². The van der Waals surface area contributed by atoms with Crippen LogP contribution in [0.2, 0.25) is 0 Å². The van der Waals surface area contributed by atoms with Crippen LogP contribution in [0.15, 0.2) is 0 Å². The number of hydrogen-bond acceptors (Lipinski definition) is 4. The van der Waals surface area contributed by atoms with Crippen LogP contribution >= 0.6 is 0 Å². The minimum Gasteiger partial charge on any atom is -0.481 e. The van der Waals surface area contributed by atoms with Gasteiger partial charge in [0.25, 0.3) is 0 Å². The van der Waals surface area contributed by atoms with E-state index in [2.05, 4.69) is 5.32 Å². The second-order valence-corrected chi connectivity index (χ2v) is 8.72. The maximum absolute atomic E-state index is 13.2. The van der Waals surface area contributed by atoms with Gasteiger partial charge >= 0.3 is 5.97 Å². The van der Waals surface area contributed by atoms with Gasteiger partial charge in [-0.25, -0.2) is 0 Å². The average Bonchev–Trinajstić information content (AvgIpc) is 2.57. The first kappa shape index (κ1) is 26.4. The van der Waals surface area contributed by atoms with Crippen molar-refractivity contribution in [3.8, 4) is 0 Å². The molecular weight excluding hydrogens is 358 g/mol. The molecule has 4 atom stereocenters. The lowest BCUT2D eigenvalue weighted by atomic mass is 9.92. The molecular formula is C21H41N3O4. The van der Waals surface area contributed by atoms with Crippen LogP contribution in [0.5, 0.6) is 0 Å². The highest BCUT2D eigenvalue weighted by atomic mass is 16.4. The fraction of sp³-hybridized carbons (Fsp3) is 0.857. The largest absolute Gasteiger partial charge is 0.481 e. The zero-order valence-electron chi connectivity index (χ0n) is 19.2. The molecule has 7 nitrogen and oxygen atoms in total. The molecule has 0 spiro atoms. The van der Waals surface area contributed by atoms with Crippen molar-refractivity contribution in [2.24, 2.45) is 17.8 Å². The van der Waals surface area contributed by atoms with Crippen molar-refractivity contribution in [3.63, 3.8) is 0 Å². The Kier molecular flexibility index (Phi) is 11.3. The molecule has 0 radical (unpaired) electrons. The van der Waals surface area contributed by atoms with Crippen LogP contribution in [0.1, 0.15) is 60.8 Å². The van der Waals surface area contributed by atoms with E-state index in [-0.39, 0.29) is 48.1 Å². The van der Waals surface area contributed by atoms with Gasteiger partial charge in [0.2, 0.25) is 11.8 Å². The van der Waals surface area contributed by atoms with E-state index in [0.29, 0.717) is 6.42 Å². The number of carbonyl (C=O) groups is 3. The molecule has 2 amide bonds. The molecule has 0 fully saturated rings. The highest BCUT2D eigenvalue weighted by Crippen LogP contribution is 2.21. The van der Waals surface area contributed by atoms with E-state index >= 15 is 0 Å². The van der Waals surface area contributed by atoms with Gasteiger partial charge in [-0.05, 0) is 38.3 Å². The second-order valence-electron chi connectivity index (χ2n) is 8.72. The summed E-state index contributed by atoms with van der Waals surface area (Å²) in [6.07, 6.45) is 1.26. The van der Waals surface area contributed by atoms with E-state index < -0.39 is 12.0 Å². The number of rotatable bonds is 12. The monoisotopic (exact) mass is 399 g/mol. The Bertz CT molecular complexity index is 512. The van der Waals surface area contributed by atoms with E-state index in [1.54, 1.807) is 11.9 Å². The molecule has 0 aliphatic rings. The Labute approximate surface area is 170 Å². The van der Waals surface area contributed by atoms with Gasteiger partial charge in [0.05, 0.1) is 6.04 Å². The molecule has 0 saturated carbocycles. The highest BCUT2D eigenvalue weighted by molar-refractivity contribution is 5.90. The number of carboxylic acid groups (broad SMARTS) is 1. The zero-order valence-corrected chi connectivity index (χ0v) is 19.2. The molecule has 164 valence electrons. The summed E-state index contributed by atoms with van der Waals surface area (Å²) >= 11 is 0. The van der Waals surface area contributed by atoms with Crippen LogP contribution < -0.4 is 5.32 Å². The van der Waals surface area contributed by atoms with Gasteiger partial charge in [-0.3, -0.25) is 19.3 Å². The standard InChI is InChI=1S/C21H41N3O4/c1-10-15(6)16(11-12-17(25)26)24(9)21(28)18(13(2)3)22-20(27)19(14(4)5)23(7)8/h13-16,18-19H,10-12H2,1-9H3,(H,22,27)(H,25,26)/t15-,16+,18-,19-/m0/s1. The van der Waals surface area contributed by atoms with Crippen LogP contribution in [0.25, 0.3) is 0 Å². The Balaban J connectivity index is 5.50. The lowest BCUT2D eigenvalue weighted by Crippen LogP contribution is -2.57. The number of carboxylic acids is 1. The summed E-state index contributed by atoms with van der Waals surface area (Å²) in [5.41, 5.74) is 0. The van der Waals surface area contributed by atoms with Crippen LogP contribution in [0.4, 0.5) is 0 Å². The highest BCUT2D eigenvalue weighted by Gasteiger charge is 2.34. The van der Waals surface area contributed by atoms with E-state index in [4.69, 9.17) is 5.11 Å². The number of aliphatic carboxylic acids is 1. The number of nitrogens with one attached hydrogen (secondary N) is 1. The van der Waals surface area contributed by atoms with Gasteiger partial charge in [-0.15, -0.1) is 0 Å². The molecule has 0 aromatic rings. The van der Waals surface area contributed by atoms with Crippen LogP contribution in [-0.2, 0) is 14.4 Å². The van der Waals surface area contributed by atoms with Gasteiger partial charge < -0.3 is 15.3 Å². The predicted molar refractivity (Wildman–Crippen MR) is 112 cm³/mol. The van der Waals surface area contributed by atoms with Gasteiger partial charge in [-0.1, -0.05) is 48.0 Å². The van der Waals surface area contributed by atoms with Crippen molar-refractivity contribution < 1.29 is 19.5 Å². The Morgan fingerprint density at radius 3 is 1.86 bits per heavy atom. The van der Waals surface area contributed by atoms with Crippen LogP contribution in [0, 0.1) is 17.8 Å². The zero-order chi connectivity index (χ0) is 22.2. The maximum atomic E-state index is 13.2. The lowest BCUT2D eigenvalue weighted by Gasteiger charge is -2.37. The van der Waals surface area contributed by atoms with Crippen molar-refractivity contribution >= 4 is 17.8 Å². The smallest absolute Gasteiger partial charge is 0.303 e. The molecule has 0 aliphatic carbocycles. The lowest BCUT2D eigenvalue weighted by molar-refractivity contribution is -0.142. The summed E-state index contributed by atoms with van der Waals surface area (Å²) in [6, 6.07) is -1.15. The first-order chi connectivity index (χ1) is 12.8. The average molecular weight is 400 g/mol. The fourth-order valence-corrected chi connectivity index (χ4v) is 3.67. The molecule has 28 heavy (non-hydrogen) atoms. The van der Waals surface area contributed by atoms with E-state index in [1.165, 1.54) is 0 Å². The van der Waals surface area contributed by atoms with E-state index in [0.717, 1.165) is 6.42 Å². The molecule has 0 aromatic carbocycles. The molecule has 0 aromatic heterocycles. The Morgan fingerprint density at radius 1 is 0.964 bits per heavy atom. The van der Waals surface area contributed by atoms with Crippen molar-refractivity contribution in [1.29, 1.82) is 0 Å². The number of nitrogens with zero attached hydrogens (tertiary/aromatic N) is 2. The number of amides is 2. The third-order valence-corrected chi connectivity index (χ3v) is 5.49. The SMILES string of the molecule is CC[C@H](C)[C@@H](CCC(=O)O)N(C)C(=O)[C@@H](NC(=O)[C@H](C(C)C)N(C)C)C(C)C.